The molecular formula is C19H18N2O4. The number of para-hydroxylation sites is 1. The number of hydrogen-bond acceptors (Lipinski definition) is 4. The van der Waals surface area contributed by atoms with Crippen LogP contribution in [0.5, 0.6) is 5.75 Å². The first kappa shape index (κ1) is 16.7. The Bertz CT molecular complexity index is 762. The average Bonchev–Trinajstić information content (AvgIpc) is 3.03. The fraction of sp³-hybridized carbons (Fsp3) is 0.211. The molecule has 0 radical (unpaired) electrons. The number of carbonyl (C=O) groups excluding carboxylic acids is 3. The van der Waals surface area contributed by atoms with Gasteiger partial charge in [-0.3, -0.25) is 9.59 Å². The van der Waals surface area contributed by atoms with Gasteiger partial charge in [-0.1, -0.05) is 48.5 Å². The van der Waals surface area contributed by atoms with Crippen molar-refractivity contribution < 1.29 is 19.1 Å². The molecule has 0 spiro atoms. The minimum Gasteiger partial charge on any atom is -0.410 e. The number of nitrogens with one attached hydrogen (secondary N) is 1. The van der Waals surface area contributed by atoms with Gasteiger partial charge in [0.15, 0.2) is 0 Å². The van der Waals surface area contributed by atoms with Crippen molar-refractivity contribution in [1.82, 2.24) is 10.2 Å². The summed E-state index contributed by atoms with van der Waals surface area (Å²) in [5, 5.41) is 2.77. The van der Waals surface area contributed by atoms with Crippen molar-refractivity contribution >= 4 is 17.9 Å². The quantitative estimate of drug-likeness (QED) is 0.929. The fourth-order valence-corrected chi connectivity index (χ4v) is 2.70. The van der Waals surface area contributed by atoms with E-state index in [9.17, 15) is 14.4 Å². The number of carbonyl (C=O) groups is 3. The van der Waals surface area contributed by atoms with Crippen LogP contribution in [0, 0.1) is 0 Å². The molecular weight excluding hydrogens is 320 g/mol. The molecule has 25 heavy (non-hydrogen) atoms. The number of hydrogen-bond donors (Lipinski definition) is 1. The topological polar surface area (TPSA) is 75.7 Å². The first-order valence-corrected chi connectivity index (χ1v) is 8.05. The minimum atomic E-state index is -0.840. The Hall–Kier alpha value is -3.15. The second kappa shape index (κ2) is 7.61. The second-order valence-electron chi connectivity index (χ2n) is 5.70. The highest BCUT2D eigenvalue weighted by molar-refractivity contribution is 6.01. The lowest BCUT2D eigenvalue weighted by Gasteiger charge is -2.21. The van der Waals surface area contributed by atoms with Crippen LogP contribution in [0.1, 0.15) is 18.4 Å². The lowest BCUT2D eigenvalue weighted by atomic mass is 10.2. The summed E-state index contributed by atoms with van der Waals surface area (Å²) in [5.41, 5.74) is 0.943. The molecule has 1 fully saturated rings. The van der Waals surface area contributed by atoms with Gasteiger partial charge >= 0.3 is 6.09 Å². The van der Waals surface area contributed by atoms with Gasteiger partial charge in [-0.2, -0.15) is 0 Å². The largest absolute Gasteiger partial charge is 0.422 e. The van der Waals surface area contributed by atoms with Crippen LogP contribution >= 0.6 is 0 Å². The predicted octanol–water partition coefficient (Wildman–Crippen LogP) is 2.49. The number of ether oxygens (including phenoxy) is 1. The first-order valence-electron chi connectivity index (χ1n) is 8.05. The van der Waals surface area contributed by atoms with Crippen molar-refractivity contribution in [3.63, 3.8) is 0 Å². The van der Waals surface area contributed by atoms with Gasteiger partial charge in [-0.05, 0) is 24.1 Å². The summed E-state index contributed by atoms with van der Waals surface area (Å²) in [7, 11) is 0. The molecule has 0 unspecified atom stereocenters. The van der Waals surface area contributed by atoms with Crippen molar-refractivity contribution in [2.24, 2.45) is 0 Å². The number of benzene rings is 2. The van der Waals surface area contributed by atoms with Crippen LogP contribution in [0.4, 0.5) is 4.79 Å². The standard InChI is InChI=1S/C19H18N2O4/c22-17-12-11-16(18(23)20-13-14-7-3-1-4-8-14)21(17)19(24)25-15-9-5-2-6-10-15/h1-10,16H,11-13H2,(H,20,23)/t16-/m0/s1. The van der Waals surface area contributed by atoms with Gasteiger partial charge in [0.2, 0.25) is 11.8 Å². The zero-order valence-electron chi connectivity index (χ0n) is 13.6. The Balaban J connectivity index is 1.64. The molecule has 1 saturated heterocycles. The van der Waals surface area contributed by atoms with Crippen LogP contribution in [0.2, 0.25) is 0 Å². The van der Waals surface area contributed by atoms with Gasteiger partial charge in [0, 0.05) is 13.0 Å². The van der Waals surface area contributed by atoms with Gasteiger partial charge in [-0.15, -0.1) is 0 Å². The molecule has 2 aromatic carbocycles. The summed E-state index contributed by atoms with van der Waals surface area (Å²) in [6.07, 6.45) is -0.384. The van der Waals surface area contributed by atoms with E-state index >= 15 is 0 Å². The molecule has 6 heteroatoms. The highest BCUT2D eigenvalue weighted by atomic mass is 16.6. The van der Waals surface area contributed by atoms with Crippen LogP contribution < -0.4 is 10.1 Å². The van der Waals surface area contributed by atoms with E-state index in [-0.39, 0.29) is 12.3 Å². The lowest BCUT2D eigenvalue weighted by molar-refractivity contribution is -0.133. The molecule has 1 aliphatic heterocycles. The molecule has 128 valence electrons. The summed E-state index contributed by atoms with van der Waals surface area (Å²) >= 11 is 0. The normalized spacial score (nSPS) is 16.6. The highest BCUT2D eigenvalue weighted by Crippen LogP contribution is 2.21. The average molecular weight is 338 g/mol. The van der Waals surface area contributed by atoms with Crippen LogP contribution in [0.3, 0.4) is 0 Å². The van der Waals surface area contributed by atoms with E-state index in [1.165, 1.54) is 0 Å². The third kappa shape index (κ3) is 4.03. The number of likely N-dealkylation sites (tertiary alicyclic amines) is 1. The molecule has 0 aliphatic carbocycles. The molecule has 0 saturated carbocycles. The summed E-state index contributed by atoms with van der Waals surface area (Å²) in [5.74, 6) is -0.434. The fourth-order valence-electron chi connectivity index (χ4n) is 2.70. The smallest absolute Gasteiger partial charge is 0.410 e. The van der Waals surface area contributed by atoms with Crippen LogP contribution in [-0.2, 0) is 16.1 Å². The summed E-state index contributed by atoms with van der Waals surface area (Å²) in [4.78, 5) is 37.7. The van der Waals surface area contributed by atoms with E-state index in [2.05, 4.69) is 5.32 Å². The van der Waals surface area contributed by atoms with Crippen molar-refractivity contribution in [3.8, 4) is 5.75 Å². The number of amides is 3. The third-order valence-electron chi connectivity index (χ3n) is 3.97. The summed E-state index contributed by atoms with van der Waals surface area (Å²) < 4.78 is 5.20. The Morgan fingerprint density at radius 3 is 2.36 bits per heavy atom. The van der Waals surface area contributed by atoms with Gasteiger partial charge in [0.05, 0.1) is 0 Å². The molecule has 1 atom stereocenters. The summed E-state index contributed by atoms with van der Waals surface area (Å²) in [6, 6.07) is 17.0. The zero-order valence-corrected chi connectivity index (χ0v) is 13.6. The summed E-state index contributed by atoms with van der Waals surface area (Å²) in [6.45, 7) is 0.339. The Labute approximate surface area is 145 Å². The molecule has 2 aromatic rings. The number of rotatable bonds is 4. The SMILES string of the molecule is O=C(NCc1ccccc1)[C@@H]1CCC(=O)N1C(=O)Oc1ccccc1. The maximum Gasteiger partial charge on any atom is 0.422 e. The number of nitrogens with zero attached hydrogens (tertiary/aromatic N) is 1. The monoisotopic (exact) mass is 338 g/mol. The van der Waals surface area contributed by atoms with E-state index in [1.807, 2.05) is 30.3 Å². The van der Waals surface area contributed by atoms with E-state index < -0.39 is 18.0 Å². The van der Waals surface area contributed by atoms with Gasteiger partial charge in [0.25, 0.3) is 0 Å². The molecule has 3 rings (SSSR count). The van der Waals surface area contributed by atoms with Crippen molar-refractivity contribution in [1.29, 1.82) is 0 Å². The first-order chi connectivity index (χ1) is 12.1. The van der Waals surface area contributed by atoms with Gasteiger partial charge in [-0.25, -0.2) is 9.69 Å². The molecule has 1 heterocycles. The molecule has 6 nitrogen and oxygen atoms in total. The molecule has 0 aromatic heterocycles. The van der Waals surface area contributed by atoms with E-state index in [4.69, 9.17) is 4.74 Å². The van der Waals surface area contributed by atoms with Gasteiger partial charge in [0.1, 0.15) is 11.8 Å². The highest BCUT2D eigenvalue weighted by Gasteiger charge is 2.41. The predicted molar refractivity (Wildman–Crippen MR) is 90.6 cm³/mol. The van der Waals surface area contributed by atoms with E-state index in [0.29, 0.717) is 18.7 Å². The Kier molecular flexibility index (Phi) is 5.09. The Morgan fingerprint density at radius 1 is 1.04 bits per heavy atom. The lowest BCUT2D eigenvalue weighted by Crippen LogP contribution is -2.48. The molecule has 3 amide bonds. The zero-order chi connectivity index (χ0) is 17.6. The molecule has 1 N–H and O–H groups in total. The van der Waals surface area contributed by atoms with Gasteiger partial charge < -0.3 is 10.1 Å². The van der Waals surface area contributed by atoms with E-state index in [0.717, 1.165) is 10.5 Å². The van der Waals surface area contributed by atoms with Crippen LogP contribution in [0.15, 0.2) is 60.7 Å². The van der Waals surface area contributed by atoms with E-state index in [1.54, 1.807) is 30.3 Å². The maximum absolute atomic E-state index is 12.4. The number of imide groups is 1. The van der Waals surface area contributed by atoms with Crippen molar-refractivity contribution in [2.45, 2.75) is 25.4 Å². The van der Waals surface area contributed by atoms with Crippen LogP contribution in [0.25, 0.3) is 0 Å². The molecule has 1 aliphatic rings. The minimum absolute atomic E-state index is 0.146. The van der Waals surface area contributed by atoms with Crippen molar-refractivity contribution in [2.75, 3.05) is 0 Å². The van der Waals surface area contributed by atoms with Crippen molar-refractivity contribution in [3.05, 3.63) is 66.2 Å². The maximum atomic E-state index is 12.4. The third-order valence-corrected chi connectivity index (χ3v) is 3.97. The second-order valence-corrected chi connectivity index (χ2v) is 5.70. The van der Waals surface area contributed by atoms with Crippen LogP contribution in [-0.4, -0.2) is 28.8 Å². The molecule has 0 bridgehead atoms. The Morgan fingerprint density at radius 2 is 1.68 bits per heavy atom.